The lowest BCUT2D eigenvalue weighted by molar-refractivity contribution is 0.812. The molecule has 1 nitrogen and oxygen atoms in total. The number of benzene rings is 2. The molecule has 0 atom stereocenters. The van der Waals surface area contributed by atoms with Crippen LogP contribution in [0.2, 0.25) is 0 Å². The van der Waals surface area contributed by atoms with Crippen molar-refractivity contribution >= 4 is 0 Å². The summed E-state index contributed by atoms with van der Waals surface area (Å²) in [5.74, 6) is 6.14. The zero-order chi connectivity index (χ0) is 16.3. The maximum absolute atomic E-state index is 3.95. The van der Waals surface area contributed by atoms with Crippen molar-refractivity contribution in [1.29, 1.82) is 0 Å². The molecule has 23 heavy (non-hydrogen) atoms. The van der Waals surface area contributed by atoms with Crippen molar-refractivity contribution in [2.75, 3.05) is 0 Å². The van der Waals surface area contributed by atoms with Crippen LogP contribution >= 0.6 is 0 Å². The molecule has 0 aliphatic carbocycles. The highest BCUT2D eigenvalue weighted by Gasteiger charge is 1.90. The zero-order valence-electron chi connectivity index (χ0n) is 13.4. The molecule has 114 valence electrons. The first-order valence-corrected chi connectivity index (χ1v) is 7.63. The smallest absolute Gasteiger partial charge is 0.0397 e. The van der Waals surface area contributed by atoms with Gasteiger partial charge in [-0.2, -0.15) is 0 Å². The van der Waals surface area contributed by atoms with Crippen LogP contribution in [-0.2, 0) is 6.54 Å². The van der Waals surface area contributed by atoms with E-state index in [1.54, 1.807) is 0 Å². The third-order valence-corrected chi connectivity index (χ3v) is 3.20. The number of rotatable bonds is 5. The van der Waals surface area contributed by atoms with Crippen molar-refractivity contribution in [3.05, 3.63) is 108 Å². The molecular weight excluding hydrogens is 278 g/mol. The first-order valence-electron chi connectivity index (χ1n) is 7.63. The van der Waals surface area contributed by atoms with Crippen molar-refractivity contribution in [3.63, 3.8) is 0 Å². The molecule has 0 fully saturated rings. The molecule has 0 spiro atoms. The highest BCUT2D eigenvalue weighted by atomic mass is 14.9. The Morgan fingerprint density at radius 3 is 2.39 bits per heavy atom. The fraction of sp³-hybridized carbons (Fsp3) is 0.0909. The third kappa shape index (κ3) is 6.54. The summed E-state index contributed by atoms with van der Waals surface area (Å²) in [4.78, 5) is 0. The van der Waals surface area contributed by atoms with Gasteiger partial charge in [-0.1, -0.05) is 73.0 Å². The Kier molecular flexibility index (Phi) is 6.50. The Labute approximate surface area is 139 Å². The van der Waals surface area contributed by atoms with E-state index in [0.29, 0.717) is 0 Å². The SMILES string of the molecule is C=C(C#Cc1ccccc1)/C=C\C=C(\C)NCc1ccccc1. The largest absolute Gasteiger partial charge is 0.384 e. The fourth-order valence-corrected chi connectivity index (χ4v) is 1.92. The highest BCUT2D eigenvalue weighted by Crippen LogP contribution is 2.00. The molecule has 0 aromatic heterocycles. The van der Waals surface area contributed by atoms with Crippen molar-refractivity contribution in [3.8, 4) is 11.8 Å². The van der Waals surface area contributed by atoms with Crippen molar-refractivity contribution in [2.45, 2.75) is 13.5 Å². The molecule has 0 aliphatic rings. The summed E-state index contributed by atoms with van der Waals surface area (Å²) in [6, 6.07) is 20.3. The first-order chi connectivity index (χ1) is 11.2. The van der Waals surface area contributed by atoms with E-state index >= 15 is 0 Å². The summed E-state index contributed by atoms with van der Waals surface area (Å²) in [6.07, 6.45) is 5.91. The normalized spacial score (nSPS) is 10.9. The average molecular weight is 299 g/mol. The molecule has 0 radical (unpaired) electrons. The summed E-state index contributed by atoms with van der Waals surface area (Å²) in [5.41, 5.74) is 4.16. The lowest BCUT2D eigenvalue weighted by atomic mass is 10.2. The van der Waals surface area contributed by atoms with Gasteiger partial charge >= 0.3 is 0 Å². The molecule has 0 amide bonds. The van der Waals surface area contributed by atoms with Crippen LogP contribution in [0.4, 0.5) is 0 Å². The number of hydrogen-bond acceptors (Lipinski definition) is 1. The van der Waals surface area contributed by atoms with Crippen LogP contribution < -0.4 is 5.32 Å². The molecule has 0 unspecified atom stereocenters. The Hall–Kier alpha value is -2.98. The Bertz CT molecular complexity index is 741. The fourth-order valence-electron chi connectivity index (χ4n) is 1.92. The van der Waals surface area contributed by atoms with E-state index in [1.165, 1.54) is 5.56 Å². The summed E-state index contributed by atoms with van der Waals surface area (Å²) in [5, 5.41) is 3.37. The van der Waals surface area contributed by atoms with E-state index in [9.17, 15) is 0 Å². The molecule has 1 heteroatoms. The summed E-state index contributed by atoms with van der Waals surface area (Å²) < 4.78 is 0. The van der Waals surface area contributed by atoms with Crippen LogP contribution in [-0.4, -0.2) is 0 Å². The molecule has 2 aromatic rings. The van der Waals surface area contributed by atoms with E-state index in [-0.39, 0.29) is 0 Å². The molecule has 0 saturated carbocycles. The monoisotopic (exact) mass is 299 g/mol. The van der Waals surface area contributed by atoms with E-state index in [2.05, 4.69) is 35.9 Å². The second kappa shape index (κ2) is 9.12. The molecule has 2 aromatic carbocycles. The maximum Gasteiger partial charge on any atom is 0.0397 e. The average Bonchev–Trinajstić information content (AvgIpc) is 2.60. The molecule has 0 saturated heterocycles. The quantitative estimate of drug-likeness (QED) is 0.615. The molecule has 2 rings (SSSR count). The highest BCUT2D eigenvalue weighted by molar-refractivity contribution is 5.44. The maximum atomic E-state index is 3.95. The van der Waals surface area contributed by atoms with E-state index < -0.39 is 0 Å². The second-order valence-electron chi connectivity index (χ2n) is 5.19. The third-order valence-electron chi connectivity index (χ3n) is 3.20. The van der Waals surface area contributed by atoms with Crippen molar-refractivity contribution in [1.82, 2.24) is 5.32 Å². The minimum Gasteiger partial charge on any atom is -0.384 e. The molecular formula is C22H21N. The van der Waals surface area contributed by atoms with E-state index in [4.69, 9.17) is 0 Å². The van der Waals surface area contributed by atoms with Gasteiger partial charge in [-0.15, -0.1) is 0 Å². The van der Waals surface area contributed by atoms with Crippen molar-refractivity contribution in [2.24, 2.45) is 0 Å². The Morgan fingerprint density at radius 2 is 1.70 bits per heavy atom. The van der Waals surface area contributed by atoms with Crippen LogP contribution in [0.1, 0.15) is 18.1 Å². The van der Waals surface area contributed by atoms with Gasteiger partial charge in [0.05, 0.1) is 0 Å². The van der Waals surface area contributed by atoms with E-state index in [0.717, 1.165) is 23.4 Å². The molecule has 0 bridgehead atoms. The summed E-state index contributed by atoms with van der Waals surface area (Å²) >= 11 is 0. The van der Waals surface area contributed by atoms with Gasteiger partial charge in [-0.05, 0) is 36.8 Å². The second-order valence-corrected chi connectivity index (χ2v) is 5.19. The van der Waals surface area contributed by atoms with Gasteiger partial charge in [-0.25, -0.2) is 0 Å². The molecule has 1 N–H and O–H groups in total. The van der Waals surface area contributed by atoms with E-state index in [1.807, 2.05) is 73.7 Å². The van der Waals surface area contributed by atoms with Gasteiger partial charge in [0.2, 0.25) is 0 Å². The number of nitrogens with one attached hydrogen (secondary N) is 1. The summed E-state index contributed by atoms with van der Waals surface area (Å²) in [7, 11) is 0. The predicted molar refractivity (Wildman–Crippen MR) is 98.6 cm³/mol. The van der Waals surface area contributed by atoms with Gasteiger partial charge < -0.3 is 5.32 Å². The van der Waals surface area contributed by atoms with Crippen LogP contribution in [0.5, 0.6) is 0 Å². The van der Waals surface area contributed by atoms with Crippen LogP contribution in [0.25, 0.3) is 0 Å². The van der Waals surface area contributed by atoms with Crippen molar-refractivity contribution < 1.29 is 0 Å². The lowest BCUT2D eigenvalue weighted by Gasteiger charge is -2.05. The van der Waals surface area contributed by atoms with Gasteiger partial charge in [0.15, 0.2) is 0 Å². The van der Waals surface area contributed by atoms with Gasteiger partial charge in [0.25, 0.3) is 0 Å². The van der Waals surface area contributed by atoms with Crippen LogP contribution in [0.3, 0.4) is 0 Å². The number of allylic oxidation sites excluding steroid dienone is 5. The number of hydrogen-bond donors (Lipinski definition) is 1. The molecule has 0 heterocycles. The van der Waals surface area contributed by atoms with Gasteiger partial charge in [0, 0.05) is 23.4 Å². The lowest BCUT2D eigenvalue weighted by Crippen LogP contribution is -2.09. The van der Waals surface area contributed by atoms with Crippen LogP contribution in [0.15, 0.2) is 96.7 Å². The Balaban J connectivity index is 1.82. The first kappa shape index (κ1) is 16.4. The predicted octanol–water partition coefficient (Wildman–Crippen LogP) is 4.84. The minimum absolute atomic E-state index is 0.793. The zero-order valence-corrected chi connectivity index (χ0v) is 13.4. The standard InChI is InChI=1S/C22H21N/c1-19(16-17-21-12-5-3-6-13-21)10-9-11-20(2)23-18-22-14-7-4-8-15-22/h3-15,23H,1,18H2,2H3/b10-9-,20-11-. The van der Waals surface area contributed by atoms with Gasteiger partial charge in [-0.3, -0.25) is 0 Å². The minimum atomic E-state index is 0.793. The summed E-state index contributed by atoms with van der Waals surface area (Å²) in [6.45, 7) is 6.82. The molecule has 0 aliphatic heterocycles. The van der Waals surface area contributed by atoms with Crippen LogP contribution in [0, 0.1) is 11.8 Å². The Morgan fingerprint density at radius 1 is 1.04 bits per heavy atom. The van der Waals surface area contributed by atoms with Gasteiger partial charge in [0.1, 0.15) is 0 Å². The topological polar surface area (TPSA) is 12.0 Å².